The third-order valence-corrected chi connectivity index (χ3v) is 7.05. The Morgan fingerprint density at radius 2 is 2.00 bits per heavy atom. The van der Waals surface area contributed by atoms with Crippen LogP contribution in [-0.2, 0) is 19.8 Å². The highest BCUT2D eigenvalue weighted by Gasteiger charge is 2.42. The fourth-order valence-electron chi connectivity index (χ4n) is 3.38. The maximum absolute atomic E-state index is 13.1. The van der Waals surface area contributed by atoms with Gasteiger partial charge in [-0.05, 0) is 43.0 Å². The molecule has 1 aromatic heterocycles. The van der Waals surface area contributed by atoms with E-state index in [2.05, 4.69) is 34.1 Å². The van der Waals surface area contributed by atoms with Crippen molar-refractivity contribution < 1.29 is 21.9 Å². The van der Waals surface area contributed by atoms with E-state index >= 15 is 0 Å². The first-order chi connectivity index (χ1) is 14.0. The van der Waals surface area contributed by atoms with E-state index in [1.165, 1.54) is 17.4 Å². The predicted octanol–water partition coefficient (Wildman–Crippen LogP) is 5.91. The molecule has 2 unspecified atom stereocenters. The van der Waals surface area contributed by atoms with Crippen molar-refractivity contribution in [2.45, 2.75) is 51.8 Å². The molecule has 0 N–H and O–H groups in total. The highest BCUT2D eigenvalue weighted by molar-refractivity contribution is 7.89. The van der Waals surface area contributed by atoms with Gasteiger partial charge in [0.15, 0.2) is 0 Å². The first-order valence-electron chi connectivity index (χ1n) is 9.04. The van der Waals surface area contributed by atoms with Crippen molar-refractivity contribution in [3.05, 3.63) is 22.7 Å². The summed E-state index contributed by atoms with van der Waals surface area (Å²) in [5, 5.41) is 16.6. The van der Waals surface area contributed by atoms with Crippen LogP contribution >= 0.6 is 11.3 Å². The Bertz CT molecular complexity index is 1100. The smallest absolute Gasteiger partial charge is 0.345 e. The first-order valence-corrected chi connectivity index (χ1v) is 11.4. The van der Waals surface area contributed by atoms with Crippen molar-refractivity contribution in [2.75, 3.05) is 11.4 Å². The Labute approximate surface area is 176 Å². The van der Waals surface area contributed by atoms with Gasteiger partial charge in [0.1, 0.15) is 16.4 Å². The molecule has 164 valence electrons. The van der Waals surface area contributed by atoms with Crippen LogP contribution in [-0.4, -0.2) is 32.8 Å². The molecule has 1 aliphatic rings. The van der Waals surface area contributed by atoms with E-state index in [1.54, 1.807) is 13.0 Å². The molecule has 2 heterocycles. The van der Waals surface area contributed by atoms with E-state index in [-0.39, 0.29) is 28.0 Å². The zero-order valence-electron chi connectivity index (χ0n) is 17.0. The number of alkyl halides is 2. The lowest BCUT2D eigenvalue weighted by molar-refractivity contribution is -0.000950. The van der Waals surface area contributed by atoms with Crippen LogP contribution in [0.5, 0.6) is 0 Å². The van der Waals surface area contributed by atoms with Crippen LogP contribution in [0.25, 0.3) is 0 Å². The fraction of sp³-hybridized carbons (Fsp3) is 0.529. The van der Waals surface area contributed by atoms with E-state index in [1.807, 2.05) is 27.7 Å². The van der Waals surface area contributed by atoms with E-state index in [0.29, 0.717) is 17.2 Å². The van der Waals surface area contributed by atoms with Crippen molar-refractivity contribution in [3.63, 3.8) is 0 Å². The van der Waals surface area contributed by atoms with Crippen molar-refractivity contribution in [1.82, 2.24) is 10.2 Å². The molecular weight excluding hydrogens is 441 g/mol. The number of hydrogen-bond donors (Lipinski definition) is 0. The lowest BCUT2D eigenvalue weighted by Gasteiger charge is -2.30. The fourth-order valence-corrected chi connectivity index (χ4v) is 4.47. The molecule has 0 spiro atoms. The van der Waals surface area contributed by atoms with Gasteiger partial charge < -0.3 is 4.90 Å². The van der Waals surface area contributed by atoms with Crippen LogP contribution in [0.2, 0.25) is 0 Å². The van der Waals surface area contributed by atoms with Crippen LogP contribution in [0, 0.1) is 6.92 Å². The largest absolute Gasteiger partial charge is 0.368 e. The monoisotopic (exact) mass is 462 g/mol. The third kappa shape index (κ3) is 3.93. The lowest BCUT2D eigenvalue weighted by Crippen LogP contribution is -2.38. The molecule has 2 atom stereocenters. The molecule has 13 heteroatoms. The summed E-state index contributed by atoms with van der Waals surface area (Å²) in [6, 6.07) is 3.19. The second-order valence-corrected chi connectivity index (χ2v) is 10.1. The summed E-state index contributed by atoms with van der Waals surface area (Å²) < 4.78 is 57.6. The number of anilines is 1. The van der Waals surface area contributed by atoms with Gasteiger partial charge in [-0.1, -0.05) is 29.6 Å². The maximum Gasteiger partial charge on any atom is 0.345 e. The van der Waals surface area contributed by atoms with Crippen LogP contribution < -0.4 is 4.90 Å². The van der Waals surface area contributed by atoms with Gasteiger partial charge in [-0.2, -0.15) is 13.1 Å². The maximum atomic E-state index is 13.1. The van der Waals surface area contributed by atoms with Gasteiger partial charge in [-0.15, -0.1) is 20.4 Å². The van der Waals surface area contributed by atoms with E-state index < -0.39 is 15.8 Å². The summed E-state index contributed by atoms with van der Waals surface area (Å²) in [6.07, 6.45) is 0. The summed E-state index contributed by atoms with van der Waals surface area (Å²) in [5.41, 5.74) is 1.14. The summed E-state index contributed by atoms with van der Waals surface area (Å²) in [4.78, 5) is 2.06. The Kier molecular flexibility index (Phi) is 6.16. The zero-order chi connectivity index (χ0) is 22.3. The number of fused-ring (bicyclic) bond motifs is 1. The average Bonchev–Trinajstić information content (AvgIpc) is 3.19. The van der Waals surface area contributed by atoms with Gasteiger partial charge in [0, 0.05) is 23.7 Å². The molecular formula is C17H21F3N6O2S2. The minimum Gasteiger partial charge on any atom is -0.368 e. The summed E-state index contributed by atoms with van der Waals surface area (Å²) in [6.45, 7) is 10.5. The minimum atomic E-state index is -4.90. The molecule has 1 aromatic carbocycles. The van der Waals surface area contributed by atoms with Crippen molar-refractivity contribution in [2.24, 2.45) is 14.6 Å². The number of aryl methyl sites for hydroxylation is 1. The van der Waals surface area contributed by atoms with E-state index in [4.69, 9.17) is 0 Å². The van der Waals surface area contributed by atoms with E-state index in [0.717, 1.165) is 5.56 Å². The quantitative estimate of drug-likeness (QED) is 0.498. The molecule has 0 radical (unpaired) electrons. The SMILES string of the molecule is CCN1c2cc(N=S(=O)(OF)C(F)F)c(N=Nc3nnc(C)s3)cc2C(C)(C)C1C. The highest BCUT2D eigenvalue weighted by atomic mass is 32.2. The Hall–Kier alpha value is -2.12. The first kappa shape index (κ1) is 22.6. The molecule has 8 nitrogen and oxygen atoms in total. The molecule has 0 fully saturated rings. The van der Waals surface area contributed by atoms with Gasteiger partial charge in [-0.3, -0.25) is 0 Å². The number of halogens is 3. The molecule has 0 bridgehead atoms. The number of nitrogens with zero attached hydrogens (tertiary/aromatic N) is 6. The second-order valence-electron chi connectivity index (χ2n) is 7.28. The third-order valence-electron chi connectivity index (χ3n) is 5.25. The number of likely N-dealkylation sites (N-methyl/N-ethyl adjacent to an activating group) is 1. The van der Waals surface area contributed by atoms with Gasteiger partial charge in [0.05, 0.1) is 0 Å². The molecule has 1 aliphatic heterocycles. The molecule has 0 saturated carbocycles. The van der Waals surface area contributed by atoms with Crippen molar-refractivity contribution in [3.8, 4) is 0 Å². The molecule has 0 saturated heterocycles. The average molecular weight is 463 g/mol. The number of azo groups is 1. The zero-order valence-corrected chi connectivity index (χ0v) is 18.6. The molecule has 0 aliphatic carbocycles. The van der Waals surface area contributed by atoms with Crippen LogP contribution in [0.1, 0.15) is 38.3 Å². The van der Waals surface area contributed by atoms with E-state index in [9.17, 15) is 17.5 Å². The van der Waals surface area contributed by atoms with Crippen LogP contribution in [0.3, 0.4) is 0 Å². The number of rotatable bonds is 6. The lowest BCUT2D eigenvalue weighted by atomic mass is 9.81. The molecule has 0 amide bonds. The number of benzene rings is 1. The Balaban J connectivity index is 2.24. The van der Waals surface area contributed by atoms with Crippen LogP contribution in [0.15, 0.2) is 26.7 Å². The second kappa shape index (κ2) is 8.19. The van der Waals surface area contributed by atoms with Gasteiger partial charge >= 0.3 is 5.76 Å². The molecule has 30 heavy (non-hydrogen) atoms. The number of hydrogen-bond acceptors (Lipinski definition) is 9. The summed E-state index contributed by atoms with van der Waals surface area (Å²) >= 11 is 1.18. The Morgan fingerprint density at radius 1 is 1.30 bits per heavy atom. The predicted molar refractivity (Wildman–Crippen MR) is 109 cm³/mol. The Morgan fingerprint density at radius 3 is 2.53 bits per heavy atom. The minimum absolute atomic E-state index is 0.0465. The van der Waals surface area contributed by atoms with Crippen molar-refractivity contribution in [1.29, 1.82) is 0 Å². The number of aromatic nitrogens is 2. The van der Waals surface area contributed by atoms with Gasteiger partial charge in [-0.25, -0.2) is 4.21 Å². The topological polar surface area (TPSA) is 92.4 Å². The summed E-state index contributed by atoms with van der Waals surface area (Å²) in [7, 11) is -4.90. The van der Waals surface area contributed by atoms with Gasteiger partial charge in [0.2, 0.25) is 0 Å². The normalized spacial score (nSPS) is 20.0. The summed E-state index contributed by atoms with van der Waals surface area (Å²) in [5.74, 6) is -3.65. The molecule has 2 aromatic rings. The van der Waals surface area contributed by atoms with Crippen molar-refractivity contribution >= 4 is 43.5 Å². The standard InChI is InChI=1S/C17H21F3N6O2S2/c1-6-26-9(2)17(4,5)11-7-12(22-24-16-23-21-10(3)29-16)13(8-14(11)26)25-30(27,28-20)15(18)19/h7-9,15H,6H2,1-5H3. The van der Waals surface area contributed by atoms with Gasteiger partial charge in [0.25, 0.3) is 15.1 Å². The highest BCUT2D eigenvalue weighted by Crippen LogP contribution is 2.49. The molecule has 3 rings (SSSR count). The van der Waals surface area contributed by atoms with Crippen LogP contribution in [0.4, 0.5) is 35.5 Å².